The zero-order valence-electron chi connectivity index (χ0n) is 15.3. The van der Waals surface area contributed by atoms with E-state index in [2.05, 4.69) is 9.50 Å². The number of nitrogens with one attached hydrogen (secondary N) is 1. The third kappa shape index (κ3) is 3.28. The van der Waals surface area contributed by atoms with Crippen molar-refractivity contribution in [3.63, 3.8) is 0 Å². The highest BCUT2D eigenvalue weighted by Gasteiger charge is 2.54. The zero-order chi connectivity index (χ0) is 20.8. The number of carbonyl (C=O) groups excluding carboxylic acids is 1. The van der Waals surface area contributed by atoms with Crippen molar-refractivity contribution in [3.8, 4) is 5.75 Å². The molecule has 4 rings (SSSR count). The highest BCUT2D eigenvalue weighted by Crippen LogP contribution is 2.53. The SMILES string of the molecule is O=C1Nc2c(ccc(F)c2F)C1(c1ccc(OS(=O)(=O)O)cc1)C1CCCCC1. The molecule has 1 aliphatic heterocycles. The first-order valence-corrected chi connectivity index (χ1v) is 10.7. The summed E-state index contributed by atoms with van der Waals surface area (Å²) in [6.07, 6.45) is 4.37. The van der Waals surface area contributed by atoms with Gasteiger partial charge in [0.1, 0.15) is 11.2 Å². The van der Waals surface area contributed by atoms with E-state index >= 15 is 0 Å². The molecule has 0 saturated heterocycles. The van der Waals surface area contributed by atoms with Gasteiger partial charge in [-0.3, -0.25) is 9.35 Å². The van der Waals surface area contributed by atoms with E-state index in [4.69, 9.17) is 4.55 Å². The first-order valence-electron chi connectivity index (χ1n) is 9.31. The van der Waals surface area contributed by atoms with Crippen molar-refractivity contribution in [2.45, 2.75) is 37.5 Å². The molecule has 2 aromatic carbocycles. The average molecular weight is 423 g/mol. The molecule has 0 spiro atoms. The van der Waals surface area contributed by atoms with Crippen LogP contribution in [0.1, 0.15) is 43.2 Å². The molecule has 1 saturated carbocycles. The van der Waals surface area contributed by atoms with Crippen molar-refractivity contribution in [1.29, 1.82) is 0 Å². The third-order valence-corrected chi connectivity index (χ3v) is 6.25. The molecule has 0 bridgehead atoms. The normalized spacial score (nSPS) is 22.2. The summed E-state index contributed by atoms with van der Waals surface area (Å²) in [5.74, 6) is -2.83. The Morgan fingerprint density at radius 2 is 1.69 bits per heavy atom. The van der Waals surface area contributed by atoms with Crippen LogP contribution in [0.15, 0.2) is 36.4 Å². The Morgan fingerprint density at radius 3 is 2.31 bits per heavy atom. The van der Waals surface area contributed by atoms with Gasteiger partial charge in [-0.05, 0) is 48.1 Å². The standard InChI is InChI=1S/C20H19F2NO5S/c21-16-11-10-15-18(17(16)22)23-19(24)20(15,12-4-2-1-3-5-12)13-6-8-14(9-7-13)28-29(25,26)27/h6-12H,1-5H2,(H,23,24)(H,25,26,27). The van der Waals surface area contributed by atoms with Gasteiger partial charge in [-0.2, -0.15) is 8.42 Å². The third-order valence-electron chi connectivity index (χ3n) is 5.85. The van der Waals surface area contributed by atoms with Gasteiger partial charge >= 0.3 is 10.4 Å². The highest BCUT2D eigenvalue weighted by atomic mass is 32.3. The van der Waals surface area contributed by atoms with E-state index < -0.39 is 33.4 Å². The molecule has 2 aromatic rings. The Labute approximate surface area is 166 Å². The molecule has 9 heteroatoms. The largest absolute Gasteiger partial charge is 0.446 e. The number of hydrogen-bond acceptors (Lipinski definition) is 4. The van der Waals surface area contributed by atoms with Gasteiger partial charge in [0.2, 0.25) is 5.91 Å². The van der Waals surface area contributed by atoms with Crippen molar-refractivity contribution in [2.75, 3.05) is 5.32 Å². The Kier molecular flexibility index (Phi) is 4.82. The molecule has 1 aliphatic carbocycles. The lowest BCUT2D eigenvalue weighted by molar-refractivity contribution is -0.121. The lowest BCUT2D eigenvalue weighted by Gasteiger charge is -2.39. The quantitative estimate of drug-likeness (QED) is 0.726. The molecule has 2 N–H and O–H groups in total. The summed E-state index contributed by atoms with van der Waals surface area (Å²) >= 11 is 0. The Bertz CT molecular complexity index is 1070. The van der Waals surface area contributed by atoms with Crippen LogP contribution in [-0.2, 0) is 20.6 Å². The Hall–Kier alpha value is -2.52. The number of rotatable bonds is 4. The second kappa shape index (κ2) is 7.07. The summed E-state index contributed by atoms with van der Waals surface area (Å²) in [5, 5.41) is 2.52. The molecule has 2 aliphatic rings. The Balaban J connectivity index is 1.88. The molecule has 29 heavy (non-hydrogen) atoms. The van der Waals surface area contributed by atoms with Gasteiger partial charge in [0.05, 0.1) is 5.69 Å². The van der Waals surface area contributed by atoms with E-state index in [0.717, 1.165) is 38.2 Å². The first kappa shape index (κ1) is 19.8. The van der Waals surface area contributed by atoms with Gasteiger partial charge in [0, 0.05) is 0 Å². The van der Waals surface area contributed by atoms with Crippen molar-refractivity contribution in [1.82, 2.24) is 0 Å². The second-order valence-corrected chi connectivity index (χ2v) is 8.44. The maximum Gasteiger partial charge on any atom is 0.446 e. The summed E-state index contributed by atoms with van der Waals surface area (Å²) in [5.41, 5.74) is -0.481. The number of fused-ring (bicyclic) bond motifs is 1. The van der Waals surface area contributed by atoms with Crippen LogP contribution in [0.2, 0.25) is 0 Å². The molecule has 1 heterocycles. The Morgan fingerprint density at radius 1 is 1.03 bits per heavy atom. The second-order valence-electron chi connectivity index (χ2n) is 7.42. The van der Waals surface area contributed by atoms with E-state index in [9.17, 15) is 22.0 Å². The van der Waals surface area contributed by atoms with E-state index in [0.29, 0.717) is 11.1 Å². The van der Waals surface area contributed by atoms with Gasteiger partial charge in [-0.25, -0.2) is 8.78 Å². The molecule has 0 aromatic heterocycles. The van der Waals surface area contributed by atoms with Crippen LogP contribution in [0.4, 0.5) is 14.5 Å². The topological polar surface area (TPSA) is 92.7 Å². The summed E-state index contributed by atoms with van der Waals surface area (Å²) in [6.45, 7) is 0. The van der Waals surface area contributed by atoms with Crippen LogP contribution < -0.4 is 9.50 Å². The first-order chi connectivity index (χ1) is 13.7. The fraction of sp³-hybridized carbons (Fsp3) is 0.350. The highest BCUT2D eigenvalue weighted by molar-refractivity contribution is 7.81. The molecule has 0 radical (unpaired) electrons. The molecule has 1 atom stereocenters. The lowest BCUT2D eigenvalue weighted by atomic mass is 9.62. The lowest BCUT2D eigenvalue weighted by Crippen LogP contribution is -2.43. The average Bonchev–Trinajstić information content (AvgIpc) is 2.98. The summed E-state index contributed by atoms with van der Waals surface area (Å²) in [7, 11) is -4.69. The van der Waals surface area contributed by atoms with Crippen molar-refractivity contribution in [2.24, 2.45) is 5.92 Å². The fourth-order valence-corrected chi connectivity index (χ4v) is 5.05. The molecule has 1 fully saturated rings. The predicted molar refractivity (Wildman–Crippen MR) is 101 cm³/mol. The number of anilines is 1. The molecular formula is C20H19F2NO5S. The van der Waals surface area contributed by atoms with Gasteiger partial charge in [-0.1, -0.05) is 37.5 Å². The minimum Gasteiger partial charge on any atom is -0.362 e. The predicted octanol–water partition coefficient (Wildman–Crippen LogP) is 3.96. The minimum absolute atomic E-state index is 0.126. The molecule has 1 amide bonds. The number of benzene rings is 2. The fourth-order valence-electron chi connectivity index (χ4n) is 4.69. The number of hydrogen-bond donors (Lipinski definition) is 2. The molecule has 6 nitrogen and oxygen atoms in total. The van der Waals surface area contributed by atoms with E-state index in [1.54, 1.807) is 0 Å². The van der Waals surface area contributed by atoms with Gasteiger partial charge in [-0.15, -0.1) is 0 Å². The summed E-state index contributed by atoms with van der Waals surface area (Å²) in [6, 6.07) is 8.12. The van der Waals surface area contributed by atoms with E-state index in [1.165, 1.54) is 30.3 Å². The van der Waals surface area contributed by atoms with Crippen molar-refractivity contribution >= 4 is 22.0 Å². The van der Waals surface area contributed by atoms with E-state index in [1.807, 2.05) is 0 Å². The number of carbonyl (C=O) groups is 1. The number of amides is 1. The summed E-state index contributed by atoms with van der Waals surface area (Å²) < 4.78 is 63.4. The van der Waals surface area contributed by atoms with Gasteiger partial charge in [0.15, 0.2) is 11.6 Å². The molecule has 154 valence electrons. The van der Waals surface area contributed by atoms with Crippen LogP contribution in [0.5, 0.6) is 5.75 Å². The number of halogens is 2. The summed E-state index contributed by atoms with van der Waals surface area (Å²) in [4.78, 5) is 13.3. The van der Waals surface area contributed by atoms with E-state index in [-0.39, 0.29) is 17.4 Å². The molecular weight excluding hydrogens is 404 g/mol. The minimum atomic E-state index is -4.69. The zero-order valence-corrected chi connectivity index (χ0v) is 16.1. The van der Waals surface area contributed by atoms with Gasteiger partial charge in [0.25, 0.3) is 0 Å². The van der Waals surface area contributed by atoms with Gasteiger partial charge < -0.3 is 9.50 Å². The molecule has 1 unspecified atom stereocenters. The maximum absolute atomic E-state index is 14.4. The van der Waals surface area contributed by atoms with Crippen LogP contribution >= 0.6 is 0 Å². The monoisotopic (exact) mass is 423 g/mol. The van der Waals surface area contributed by atoms with Crippen molar-refractivity contribution < 1.29 is 30.7 Å². The van der Waals surface area contributed by atoms with Crippen LogP contribution in [-0.4, -0.2) is 18.9 Å². The van der Waals surface area contributed by atoms with Crippen LogP contribution in [0, 0.1) is 17.6 Å². The smallest absolute Gasteiger partial charge is 0.362 e. The maximum atomic E-state index is 14.4. The van der Waals surface area contributed by atoms with Crippen molar-refractivity contribution in [3.05, 3.63) is 59.2 Å². The van der Waals surface area contributed by atoms with Crippen LogP contribution in [0.25, 0.3) is 0 Å². The van der Waals surface area contributed by atoms with Crippen LogP contribution in [0.3, 0.4) is 0 Å².